The van der Waals surface area contributed by atoms with Crippen LogP contribution in [0.5, 0.6) is 5.75 Å². The molecule has 1 aromatic heterocycles. The second-order valence-electron chi connectivity index (χ2n) is 8.42. The van der Waals surface area contributed by atoms with Crippen molar-refractivity contribution in [3.8, 4) is 11.4 Å². The third-order valence-electron chi connectivity index (χ3n) is 6.05. The molecule has 0 atom stereocenters. The lowest BCUT2D eigenvalue weighted by Crippen LogP contribution is -2.52. The Balaban J connectivity index is 1.78. The van der Waals surface area contributed by atoms with Crippen LogP contribution in [0.15, 0.2) is 58.1 Å². The molecule has 0 saturated carbocycles. The second-order valence-corrected chi connectivity index (χ2v) is 8.42. The Bertz CT molecular complexity index is 1350. The largest absolute Gasteiger partial charge is 0.497 e. The molecule has 4 rings (SSSR count). The van der Waals surface area contributed by atoms with Crippen LogP contribution in [0.2, 0.25) is 0 Å². The van der Waals surface area contributed by atoms with E-state index < -0.39 is 17.2 Å². The molecule has 1 aliphatic heterocycles. The van der Waals surface area contributed by atoms with E-state index in [1.165, 1.54) is 18.9 Å². The van der Waals surface area contributed by atoms with E-state index in [1.807, 2.05) is 31.2 Å². The minimum Gasteiger partial charge on any atom is -0.497 e. The number of hydrogen-bond acceptors (Lipinski definition) is 6. The topological polar surface area (TPSA) is 107 Å². The number of hydrogen-bond donors (Lipinski definition) is 0. The molecule has 1 saturated heterocycles. The van der Waals surface area contributed by atoms with Gasteiger partial charge in [-0.05, 0) is 36.8 Å². The number of piperazine rings is 1. The normalized spacial score (nSPS) is 13.6. The Labute approximate surface area is 202 Å². The molecule has 1 fully saturated rings. The van der Waals surface area contributed by atoms with Crippen LogP contribution in [0.3, 0.4) is 0 Å². The van der Waals surface area contributed by atoms with Gasteiger partial charge >= 0.3 is 5.69 Å². The SMILES string of the molecule is COc1ccc(-n2nc(C(=O)N3CCN(C(C)=O)CC3)c(=O)n(Cc3ccc(C)cc3)c2=O)cc1. The zero-order chi connectivity index (χ0) is 25.1. The highest BCUT2D eigenvalue weighted by molar-refractivity contribution is 5.92. The van der Waals surface area contributed by atoms with Gasteiger partial charge in [0.05, 0.1) is 19.3 Å². The van der Waals surface area contributed by atoms with Crippen LogP contribution in [0.4, 0.5) is 0 Å². The molecule has 182 valence electrons. The summed E-state index contributed by atoms with van der Waals surface area (Å²) in [4.78, 5) is 54.8. The molecule has 0 bridgehead atoms. The van der Waals surface area contributed by atoms with E-state index in [0.29, 0.717) is 24.5 Å². The minimum absolute atomic E-state index is 0.00494. The number of nitrogens with zero attached hydrogens (tertiary/aromatic N) is 5. The lowest BCUT2D eigenvalue weighted by Gasteiger charge is -2.33. The number of benzene rings is 2. The molecular formula is C25H27N5O5. The summed E-state index contributed by atoms with van der Waals surface area (Å²) in [5.74, 6) is -0.0451. The number of carbonyl (C=O) groups excluding carboxylic acids is 2. The van der Waals surface area contributed by atoms with Gasteiger partial charge in [-0.1, -0.05) is 29.8 Å². The number of methoxy groups -OCH3 is 1. The van der Waals surface area contributed by atoms with Gasteiger partial charge in [0.15, 0.2) is 0 Å². The maximum atomic E-state index is 13.4. The van der Waals surface area contributed by atoms with Gasteiger partial charge in [0, 0.05) is 33.1 Å². The molecular weight excluding hydrogens is 450 g/mol. The van der Waals surface area contributed by atoms with Gasteiger partial charge in [-0.3, -0.25) is 19.0 Å². The van der Waals surface area contributed by atoms with Crippen LogP contribution in [-0.2, 0) is 11.3 Å². The third kappa shape index (κ3) is 5.01. The summed E-state index contributed by atoms with van der Waals surface area (Å²) in [6, 6.07) is 14.1. The summed E-state index contributed by atoms with van der Waals surface area (Å²) >= 11 is 0. The highest BCUT2D eigenvalue weighted by atomic mass is 16.5. The molecule has 0 unspecified atom stereocenters. The summed E-state index contributed by atoms with van der Waals surface area (Å²) in [5, 5.41) is 4.20. The van der Waals surface area contributed by atoms with Gasteiger partial charge in [0.1, 0.15) is 5.75 Å². The van der Waals surface area contributed by atoms with E-state index in [-0.39, 0.29) is 31.2 Å². The lowest BCUT2D eigenvalue weighted by atomic mass is 10.1. The van der Waals surface area contributed by atoms with Gasteiger partial charge in [-0.25, -0.2) is 4.79 Å². The van der Waals surface area contributed by atoms with Gasteiger partial charge < -0.3 is 14.5 Å². The second kappa shape index (κ2) is 9.96. The minimum atomic E-state index is -0.751. The Morgan fingerprint density at radius 3 is 2.09 bits per heavy atom. The fourth-order valence-corrected chi connectivity index (χ4v) is 3.93. The van der Waals surface area contributed by atoms with Crippen molar-refractivity contribution in [3.05, 3.63) is 86.2 Å². The molecule has 0 radical (unpaired) electrons. The first-order valence-corrected chi connectivity index (χ1v) is 11.3. The highest BCUT2D eigenvalue weighted by Crippen LogP contribution is 2.13. The Kier molecular flexibility index (Phi) is 6.81. The van der Waals surface area contributed by atoms with Crippen molar-refractivity contribution in [2.45, 2.75) is 20.4 Å². The van der Waals surface area contributed by atoms with E-state index >= 15 is 0 Å². The Morgan fingerprint density at radius 1 is 0.914 bits per heavy atom. The molecule has 0 N–H and O–H groups in total. The van der Waals surface area contributed by atoms with Crippen LogP contribution in [0.1, 0.15) is 28.5 Å². The van der Waals surface area contributed by atoms with E-state index in [4.69, 9.17) is 4.74 Å². The molecule has 0 aliphatic carbocycles. The molecule has 10 nitrogen and oxygen atoms in total. The van der Waals surface area contributed by atoms with Crippen LogP contribution in [-0.4, -0.2) is 69.3 Å². The number of aryl methyl sites for hydroxylation is 1. The summed E-state index contributed by atoms with van der Waals surface area (Å²) in [5.41, 5.74) is 0.438. The number of ether oxygens (including phenoxy) is 1. The maximum Gasteiger partial charge on any atom is 0.352 e. The van der Waals surface area contributed by atoms with Gasteiger partial charge in [-0.15, -0.1) is 0 Å². The van der Waals surface area contributed by atoms with Crippen LogP contribution < -0.4 is 16.0 Å². The van der Waals surface area contributed by atoms with E-state index in [0.717, 1.165) is 20.4 Å². The molecule has 1 aliphatic rings. The van der Waals surface area contributed by atoms with Crippen molar-refractivity contribution >= 4 is 11.8 Å². The van der Waals surface area contributed by atoms with Crippen molar-refractivity contribution in [1.29, 1.82) is 0 Å². The van der Waals surface area contributed by atoms with Gasteiger partial charge in [0.2, 0.25) is 11.6 Å². The molecule has 2 heterocycles. The summed E-state index contributed by atoms with van der Waals surface area (Å²) in [6.07, 6.45) is 0. The fraction of sp³-hybridized carbons (Fsp3) is 0.320. The van der Waals surface area contributed by atoms with Crippen LogP contribution >= 0.6 is 0 Å². The van der Waals surface area contributed by atoms with Crippen molar-refractivity contribution < 1.29 is 14.3 Å². The first-order chi connectivity index (χ1) is 16.8. The molecule has 10 heteroatoms. The highest BCUT2D eigenvalue weighted by Gasteiger charge is 2.28. The monoisotopic (exact) mass is 477 g/mol. The summed E-state index contributed by atoms with van der Waals surface area (Å²) in [6.45, 7) is 4.72. The quantitative estimate of drug-likeness (QED) is 0.544. The predicted molar refractivity (Wildman–Crippen MR) is 129 cm³/mol. The Morgan fingerprint density at radius 2 is 1.51 bits per heavy atom. The molecule has 2 amide bonds. The Hall–Kier alpha value is -4.21. The van der Waals surface area contributed by atoms with Gasteiger partial charge in [0.25, 0.3) is 11.5 Å². The van der Waals surface area contributed by atoms with E-state index in [2.05, 4.69) is 5.10 Å². The standard InChI is InChI=1S/C25H27N5O5/c1-17-4-6-19(7-5-17)16-29-24(33)22(23(32)28-14-12-27(13-15-28)18(2)31)26-30(25(29)34)20-8-10-21(35-3)11-9-20/h4-11H,12-16H2,1-3H3. The molecule has 2 aromatic carbocycles. The van der Waals surface area contributed by atoms with Crippen molar-refractivity contribution in [2.75, 3.05) is 33.3 Å². The number of rotatable bonds is 5. The third-order valence-corrected chi connectivity index (χ3v) is 6.05. The molecule has 3 aromatic rings. The number of amides is 2. The molecule has 0 spiro atoms. The maximum absolute atomic E-state index is 13.4. The number of carbonyl (C=O) groups is 2. The first-order valence-electron chi connectivity index (χ1n) is 11.3. The average Bonchev–Trinajstić information content (AvgIpc) is 2.87. The predicted octanol–water partition coefficient (Wildman–Crippen LogP) is 1.06. The molecule has 35 heavy (non-hydrogen) atoms. The van der Waals surface area contributed by atoms with Crippen molar-refractivity contribution in [2.24, 2.45) is 0 Å². The zero-order valence-electron chi connectivity index (χ0n) is 19.9. The fourth-order valence-electron chi connectivity index (χ4n) is 3.93. The van der Waals surface area contributed by atoms with Crippen LogP contribution in [0, 0.1) is 6.92 Å². The van der Waals surface area contributed by atoms with E-state index in [1.54, 1.807) is 29.2 Å². The number of aromatic nitrogens is 3. The van der Waals surface area contributed by atoms with E-state index in [9.17, 15) is 19.2 Å². The lowest BCUT2D eigenvalue weighted by molar-refractivity contribution is -0.130. The average molecular weight is 478 g/mol. The van der Waals surface area contributed by atoms with Crippen molar-refractivity contribution in [1.82, 2.24) is 24.1 Å². The van der Waals surface area contributed by atoms with Crippen molar-refractivity contribution in [3.63, 3.8) is 0 Å². The zero-order valence-corrected chi connectivity index (χ0v) is 19.9. The summed E-state index contributed by atoms with van der Waals surface area (Å²) in [7, 11) is 1.53. The summed E-state index contributed by atoms with van der Waals surface area (Å²) < 4.78 is 7.27. The first kappa shape index (κ1) is 23.9. The van der Waals surface area contributed by atoms with Gasteiger partial charge in [-0.2, -0.15) is 9.78 Å². The smallest absolute Gasteiger partial charge is 0.352 e. The van der Waals surface area contributed by atoms with Crippen LogP contribution in [0.25, 0.3) is 5.69 Å².